The van der Waals surface area contributed by atoms with Crippen LogP contribution < -0.4 is 9.47 Å². The average Bonchev–Trinajstić information content (AvgIpc) is 3.12. The number of esters is 2. The van der Waals surface area contributed by atoms with Gasteiger partial charge in [-0.05, 0) is 126 Å². The zero-order chi connectivity index (χ0) is 36.3. The minimum Gasteiger partial charge on any atom is -0.508 e. The standard InChI is InChI=1S/C44H36Br2O5/c1-43(2,45)41(48)50-34-23-17-31(18-24-34)39-36(28-11-7-5-8-12-28)27-37(29-15-21-33(47)22-16-29)38(30-13-9-6-10-14-30)40(39)32-19-25-35(26-20-32)51-42(49)44(3,4)46/h5-27,47H,1-4H3. The largest absolute Gasteiger partial charge is 0.508 e. The van der Waals surface area contributed by atoms with Gasteiger partial charge in [0.15, 0.2) is 0 Å². The first kappa shape index (κ1) is 35.8. The SMILES string of the molecule is CC(C)(Br)C(=O)Oc1ccc(-c2c(-c3ccccc3)cc(-c3ccc(O)cc3)c(-c3ccccc3)c2-c2ccc(OC(=O)C(C)(C)Br)cc2)cc1. The highest BCUT2D eigenvalue weighted by atomic mass is 79.9. The molecule has 5 nitrogen and oxygen atoms in total. The molecule has 0 atom stereocenters. The number of carbonyl (C=O) groups is 2. The monoisotopic (exact) mass is 802 g/mol. The smallest absolute Gasteiger partial charge is 0.327 e. The third-order valence-electron chi connectivity index (χ3n) is 8.33. The first-order valence-corrected chi connectivity index (χ1v) is 18.0. The normalized spacial score (nSPS) is 11.6. The molecule has 0 aliphatic heterocycles. The maximum atomic E-state index is 12.7. The first-order valence-electron chi connectivity index (χ1n) is 16.4. The van der Waals surface area contributed by atoms with Crippen molar-refractivity contribution in [2.75, 3.05) is 0 Å². The van der Waals surface area contributed by atoms with Crippen LogP contribution in [0.5, 0.6) is 17.2 Å². The van der Waals surface area contributed by atoms with E-state index in [1.807, 2.05) is 97.1 Å². The minimum atomic E-state index is -0.840. The van der Waals surface area contributed by atoms with Gasteiger partial charge >= 0.3 is 11.9 Å². The second-order valence-electron chi connectivity index (χ2n) is 13.1. The highest BCUT2D eigenvalue weighted by Gasteiger charge is 2.28. The van der Waals surface area contributed by atoms with Crippen LogP contribution in [0.15, 0.2) is 140 Å². The number of phenols is 1. The van der Waals surface area contributed by atoms with Gasteiger partial charge in [-0.15, -0.1) is 0 Å². The molecule has 0 fully saturated rings. The number of alkyl halides is 2. The summed E-state index contributed by atoms with van der Waals surface area (Å²) in [6.07, 6.45) is 0. The van der Waals surface area contributed by atoms with Gasteiger partial charge < -0.3 is 14.6 Å². The number of carbonyl (C=O) groups excluding carboxylic acids is 2. The van der Waals surface area contributed by atoms with Gasteiger partial charge in [0.2, 0.25) is 0 Å². The maximum absolute atomic E-state index is 12.7. The molecule has 6 aromatic rings. The summed E-state index contributed by atoms with van der Waals surface area (Å²) in [5, 5.41) is 10.2. The Morgan fingerprint density at radius 3 is 1.22 bits per heavy atom. The van der Waals surface area contributed by atoms with Gasteiger partial charge in [-0.3, -0.25) is 9.59 Å². The lowest BCUT2D eigenvalue weighted by Gasteiger charge is -2.25. The van der Waals surface area contributed by atoms with Crippen molar-refractivity contribution in [3.8, 4) is 72.9 Å². The molecule has 7 heteroatoms. The summed E-state index contributed by atoms with van der Waals surface area (Å²) in [6, 6.07) is 45.0. The van der Waals surface area contributed by atoms with Crippen molar-refractivity contribution >= 4 is 43.8 Å². The number of hydrogen-bond donors (Lipinski definition) is 1. The summed E-state index contributed by atoms with van der Waals surface area (Å²) in [4.78, 5) is 25.4. The third-order valence-corrected chi connectivity index (χ3v) is 8.98. The molecule has 0 aromatic heterocycles. The highest BCUT2D eigenvalue weighted by Crippen LogP contribution is 2.50. The molecule has 1 N–H and O–H groups in total. The van der Waals surface area contributed by atoms with E-state index in [1.165, 1.54) is 0 Å². The molecule has 256 valence electrons. The zero-order valence-electron chi connectivity index (χ0n) is 28.6. The van der Waals surface area contributed by atoms with Crippen molar-refractivity contribution in [2.45, 2.75) is 36.3 Å². The zero-order valence-corrected chi connectivity index (χ0v) is 31.8. The molecule has 0 bridgehead atoms. The topological polar surface area (TPSA) is 72.8 Å². The number of benzene rings is 6. The van der Waals surface area contributed by atoms with Crippen LogP contribution in [0.4, 0.5) is 0 Å². The lowest BCUT2D eigenvalue weighted by atomic mass is 9.79. The molecular formula is C44H36Br2O5. The molecule has 0 spiro atoms. The predicted octanol–water partition coefficient (Wildman–Crippen LogP) is 11.9. The Morgan fingerprint density at radius 2 is 0.804 bits per heavy atom. The summed E-state index contributed by atoms with van der Waals surface area (Å²) < 4.78 is 9.73. The van der Waals surface area contributed by atoms with Crippen molar-refractivity contribution in [1.29, 1.82) is 0 Å². The Hall–Kier alpha value is -4.98. The summed E-state index contributed by atoms with van der Waals surface area (Å²) >= 11 is 6.79. The third kappa shape index (κ3) is 8.16. The molecule has 0 radical (unpaired) electrons. The van der Waals surface area contributed by atoms with E-state index in [1.54, 1.807) is 39.8 Å². The molecule has 51 heavy (non-hydrogen) atoms. The Balaban J connectivity index is 1.67. The molecule has 0 saturated heterocycles. The summed E-state index contributed by atoms with van der Waals surface area (Å²) in [5.41, 5.74) is 9.61. The Morgan fingerprint density at radius 1 is 0.471 bits per heavy atom. The van der Waals surface area contributed by atoms with Gasteiger partial charge in [-0.25, -0.2) is 0 Å². The van der Waals surface area contributed by atoms with Crippen LogP contribution in [-0.4, -0.2) is 25.7 Å². The second-order valence-corrected chi connectivity index (χ2v) is 17.1. The summed E-state index contributed by atoms with van der Waals surface area (Å²) in [7, 11) is 0. The number of rotatable bonds is 9. The van der Waals surface area contributed by atoms with E-state index in [0.717, 1.165) is 55.6 Å². The Labute approximate surface area is 315 Å². The number of phenolic OH excluding ortho intramolecular Hbond substituents is 1. The van der Waals surface area contributed by atoms with Crippen molar-refractivity contribution < 1.29 is 24.2 Å². The molecule has 0 aliphatic rings. The summed E-state index contributed by atoms with van der Waals surface area (Å²) in [5.74, 6) is 0.253. The molecule has 0 aliphatic carbocycles. The van der Waals surface area contributed by atoms with Gasteiger partial charge in [0.05, 0.1) is 0 Å². The number of ether oxygens (including phenoxy) is 2. The van der Waals surface area contributed by atoms with Gasteiger partial charge in [0.1, 0.15) is 25.9 Å². The van der Waals surface area contributed by atoms with Crippen LogP contribution in [0, 0.1) is 0 Å². The lowest BCUT2D eigenvalue weighted by molar-refractivity contribution is -0.136. The second kappa shape index (κ2) is 14.7. The van der Waals surface area contributed by atoms with Crippen LogP contribution in [0.2, 0.25) is 0 Å². The average molecular weight is 805 g/mol. The van der Waals surface area contributed by atoms with Crippen LogP contribution in [0.25, 0.3) is 55.6 Å². The van der Waals surface area contributed by atoms with E-state index in [-0.39, 0.29) is 5.75 Å². The molecule has 0 unspecified atom stereocenters. The first-order chi connectivity index (χ1) is 24.3. The molecule has 0 saturated carbocycles. The van der Waals surface area contributed by atoms with Crippen LogP contribution in [-0.2, 0) is 9.59 Å². The highest BCUT2D eigenvalue weighted by molar-refractivity contribution is 9.10. The number of aromatic hydroxyl groups is 1. The lowest BCUT2D eigenvalue weighted by Crippen LogP contribution is -2.29. The molecule has 6 aromatic carbocycles. The Bertz CT molecular complexity index is 2160. The van der Waals surface area contributed by atoms with Crippen molar-refractivity contribution in [1.82, 2.24) is 0 Å². The van der Waals surface area contributed by atoms with Crippen molar-refractivity contribution in [3.63, 3.8) is 0 Å². The minimum absolute atomic E-state index is 0.181. The van der Waals surface area contributed by atoms with Crippen LogP contribution in [0.3, 0.4) is 0 Å². The van der Waals surface area contributed by atoms with Crippen molar-refractivity contribution in [2.24, 2.45) is 0 Å². The maximum Gasteiger partial charge on any atom is 0.327 e. The van der Waals surface area contributed by atoms with Gasteiger partial charge in [-0.2, -0.15) is 0 Å². The van der Waals surface area contributed by atoms with E-state index in [2.05, 4.69) is 62.2 Å². The fourth-order valence-corrected chi connectivity index (χ4v) is 5.89. The molecule has 0 amide bonds. The molecule has 0 heterocycles. The number of halogens is 2. The fourth-order valence-electron chi connectivity index (χ4n) is 5.73. The van der Waals surface area contributed by atoms with Crippen LogP contribution in [0.1, 0.15) is 27.7 Å². The van der Waals surface area contributed by atoms with E-state index in [0.29, 0.717) is 11.5 Å². The molecular weight excluding hydrogens is 768 g/mol. The van der Waals surface area contributed by atoms with E-state index >= 15 is 0 Å². The van der Waals surface area contributed by atoms with Crippen molar-refractivity contribution in [3.05, 3.63) is 140 Å². The fraction of sp³-hybridized carbons (Fsp3) is 0.136. The van der Waals surface area contributed by atoms with Gasteiger partial charge in [-0.1, -0.05) is 129 Å². The quantitative estimate of drug-likeness (QED) is 0.0895. The Kier molecular flexibility index (Phi) is 10.3. The predicted molar refractivity (Wildman–Crippen MR) is 213 cm³/mol. The van der Waals surface area contributed by atoms with Crippen LogP contribution >= 0.6 is 31.9 Å². The van der Waals surface area contributed by atoms with E-state index in [4.69, 9.17) is 9.47 Å². The van der Waals surface area contributed by atoms with E-state index < -0.39 is 20.6 Å². The van der Waals surface area contributed by atoms with Gasteiger partial charge in [0, 0.05) is 0 Å². The molecule has 6 rings (SSSR count). The number of hydrogen-bond acceptors (Lipinski definition) is 5. The summed E-state index contributed by atoms with van der Waals surface area (Å²) in [6.45, 7) is 6.98. The van der Waals surface area contributed by atoms with Gasteiger partial charge in [0.25, 0.3) is 0 Å². The van der Waals surface area contributed by atoms with E-state index in [9.17, 15) is 14.7 Å².